The molecule has 0 aromatic rings. The van der Waals surface area contributed by atoms with E-state index in [1.807, 2.05) is 20.0 Å². The van der Waals surface area contributed by atoms with E-state index in [0.29, 0.717) is 0 Å². The summed E-state index contributed by atoms with van der Waals surface area (Å²) in [7, 11) is 0. The third kappa shape index (κ3) is 1.87. The van der Waals surface area contributed by atoms with Gasteiger partial charge in [0.1, 0.15) is 0 Å². The molecule has 60 valence electrons. The van der Waals surface area contributed by atoms with Gasteiger partial charge in [0.25, 0.3) is 0 Å². The Kier molecular flexibility index (Phi) is 2.78. The molecule has 0 aromatic carbocycles. The Morgan fingerprint density at radius 2 is 2.00 bits per heavy atom. The number of allylic oxidation sites excluding steroid dienone is 2. The van der Waals surface area contributed by atoms with Crippen LogP contribution in [0.15, 0.2) is 35.8 Å². The Hall–Kier alpha value is -1.18. The van der Waals surface area contributed by atoms with Gasteiger partial charge in [-0.15, -0.1) is 0 Å². The van der Waals surface area contributed by atoms with Crippen LogP contribution in [0.2, 0.25) is 0 Å². The lowest BCUT2D eigenvalue weighted by atomic mass is 10.3. The van der Waals surface area contributed by atoms with Gasteiger partial charge in [0.2, 0.25) is 0 Å². The summed E-state index contributed by atoms with van der Waals surface area (Å²) in [5.74, 6) is 0. The van der Waals surface area contributed by atoms with Crippen LogP contribution in [-0.4, -0.2) is 6.54 Å². The predicted molar refractivity (Wildman–Crippen MR) is 47.8 cm³/mol. The van der Waals surface area contributed by atoms with E-state index in [-0.39, 0.29) is 0 Å². The fourth-order valence-electron chi connectivity index (χ4n) is 1.05. The summed E-state index contributed by atoms with van der Waals surface area (Å²) in [6.45, 7) is 4.94. The van der Waals surface area contributed by atoms with Crippen molar-refractivity contribution in [2.45, 2.75) is 13.8 Å². The molecule has 0 bridgehead atoms. The smallest absolute Gasteiger partial charge is 0.0568 e. The highest BCUT2D eigenvalue weighted by Crippen LogP contribution is 2.04. The Morgan fingerprint density at radius 1 is 1.27 bits per heavy atom. The van der Waals surface area contributed by atoms with Crippen molar-refractivity contribution in [1.29, 1.82) is 0 Å². The lowest BCUT2D eigenvalue weighted by Crippen LogP contribution is -2.16. The average Bonchev–Trinajstić information content (AvgIpc) is 2.27. The van der Waals surface area contributed by atoms with Crippen LogP contribution in [0, 0.1) is 0 Å². The fourth-order valence-corrected chi connectivity index (χ4v) is 1.05. The van der Waals surface area contributed by atoms with Gasteiger partial charge in [-0.25, -0.2) is 0 Å². The maximum atomic E-state index is 3.28. The van der Waals surface area contributed by atoms with Gasteiger partial charge in [0.05, 0.1) is 11.4 Å². The van der Waals surface area contributed by atoms with Gasteiger partial charge >= 0.3 is 0 Å². The second kappa shape index (κ2) is 3.86. The Labute approximate surface area is 67.7 Å². The van der Waals surface area contributed by atoms with Gasteiger partial charge in [-0.3, -0.25) is 0 Å². The number of hydrogen-bond donors (Lipinski definition) is 2. The molecule has 1 rings (SSSR count). The van der Waals surface area contributed by atoms with Gasteiger partial charge < -0.3 is 10.6 Å². The van der Waals surface area contributed by atoms with Crippen molar-refractivity contribution in [2.24, 2.45) is 0 Å². The molecule has 0 fully saturated rings. The largest absolute Gasteiger partial charge is 0.380 e. The van der Waals surface area contributed by atoms with Crippen LogP contribution in [0.5, 0.6) is 0 Å². The number of hydrogen-bond acceptors (Lipinski definition) is 2. The van der Waals surface area contributed by atoms with Crippen molar-refractivity contribution in [3.05, 3.63) is 35.8 Å². The van der Waals surface area contributed by atoms with Gasteiger partial charge in [0, 0.05) is 6.54 Å². The van der Waals surface area contributed by atoms with E-state index in [1.165, 1.54) is 0 Å². The molecule has 0 saturated carbocycles. The fraction of sp³-hybridized carbons (Fsp3) is 0.333. The quantitative estimate of drug-likeness (QED) is 0.547. The molecule has 0 saturated heterocycles. The molecule has 2 heteroatoms. The summed E-state index contributed by atoms with van der Waals surface area (Å²) in [5, 5.41) is 6.46. The van der Waals surface area contributed by atoms with Crippen LogP contribution in [0.4, 0.5) is 0 Å². The van der Waals surface area contributed by atoms with E-state index in [4.69, 9.17) is 0 Å². The molecular formula is C9H14N2. The molecular weight excluding hydrogens is 136 g/mol. The first-order valence-corrected chi connectivity index (χ1v) is 3.87. The van der Waals surface area contributed by atoms with Crippen molar-refractivity contribution >= 4 is 0 Å². The molecule has 0 atom stereocenters. The van der Waals surface area contributed by atoms with Crippen LogP contribution in [0.1, 0.15) is 13.8 Å². The second-order valence-corrected chi connectivity index (χ2v) is 2.33. The summed E-state index contributed by atoms with van der Waals surface area (Å²) < 4.78 is 0. The maximum Gasteiger partial charge on any atom is 0.0568 e. The Bertz CT molecular complexity index is 212. The lowest BCUT2D eigenvalue weighted by molar-refractivity contribution is 0.902. The topological polar surface area (TPSA) is 24.1 Å². The molecule has 1 aliphatic rings. The van der Waals surface area contributed by atoms with Crippen molar-refractivity contribution in [1.82, 2.24) is 10.6 Å². The molecule has 0 aromatic heterocycles. The molecule has 0 amide bonds. The zero-order valence-corrected chi connectivity index (χ0v) is 7.02. The zero-order valence-electron chi connectivity index (χ0n) is 7.02. The molecule has 0 aliphatic carbocycles. The van der Waals surface area contributed by atoms with Crippen molar-refractivity contribution in [3.8, 4) is 0 Å². The van der Waals surface area contributed by atoms with Crippen molar-refractivity contribution < 1.29 is 0 Å². The molecule has 0 unspecified atom stereocenters. The molecule has 1 heterocycles. The Balaban J connectivity index is 2.79. The average molecular weight is 150 g/mol. The van der Waals surface area contributed by atoms with Crippen molar-refractivity contribution in [2.75, 3.05) is 6.54 Å². The summed E-state index contributed by atoms with van der Waals surface area (Å²) in [6.07, 6.45) is 8.13. The van der Waals surface area contributed by atoms with Gasteiger partial charge in [0.15, 0.2) is 0 Å². The van der Waals surface area contributed by atoms with Crippen LogP contribution in [-0.2, 0) is 0 Å². The molecule has 0 spiro atoms. The minimum absolute atomic E-state index is 0.893. The van der Waals surface area contributed by atoms with Crippen LogP contribution in [0.3, 0.4) is 0 Å². The van der Waals surface area contributed by atoms with E-state index in [9.17, 15) is 0 Å². The number of nitrogens with one attached hydrogen (secondary N) is 2. The first-order chi connectivity index (χ1) is 5.38. The maximum absolute atomic E-state index is 3.28. The van der Waals surface area contributed by atoms with E-state index in [0.717, 1.165) is 17.9 Å². The SMILES string of the molecule is C/C=C1/NC=CCN/C1=C/C. The first-order valence-electron chi connectivity index (χ1n) is 3.87. The molecule has 11 heavy (non-hydrogen) atoms. The van der Waals surface area contributed by atoms with Gasteiger partial charge in [-0.1, -0.05) is 12.2 Å². The third-order valence-electron chi connectivity index (χ3n) is 1.63. The third-order valence-corrected chi connectivity index (χ3v) is 1.63. The van der Waals surface area contributed by atoms with E-state index in [1.54, 1.807) is 0 Å². The predicted octanol–water partition coefficient (Wildman–Crippen LogP) is 1.50. The van der Waals surface area contributed by atoms with Crippen LogP contribution >= 0.6 is 0 Å². The van der Waals surface area contributed by atoms with Gasteiger partial charge in [-0.2, -0.15) is 0 Å². The first kappa shape index (κ1) is 7.92. The monoisotopic (exact) mass is 150 g/mol. The molecule has 1 aliphatic heterocycles. The van der Waals surface area contributed by atoms with Crippen molar-refractivity contribution in [3.63, 3.8) is 0 Å². The zero-order chi connectivity index (χ0) is 8.10. The molecule has 2 N–H and O–H groups in total. The Morgan fingerprint density at radius 3 is 2.64 bits per heavy atom. The second-order valence-electron chi connectivity index (χ2n) is 2.33. The lowest BCUT2D eigenvalue weighted by Gasteiger charge is -2.08. The van der Waals surface area contributed by atoms with E-state index >= 15 is 0 Å². The van der Waals surface area contributed by atoms with Gasteiger partial charge in [-0.05, 0) is 26.1 Å². The van der Waals surface area contributed by atoms with Crippen LogP contribution < -0.4 is 10.6 Å². The summed E-state index contributed by atoms with van der Waals surface area (Å²) in [6, 6.07) is 0. The highest BCUT2D eigenvalue weighted by molar-refractivity contribution is 5.30. The van der Waals surface area contributed by atoms with Crippen LogP contribution in [0.25, 0.3) is 0 Å². The van der Waals surface area contributed by atoms with E-state index < -0.39 is 0 Å². The summed E-state index contributed by atoms with van der Waals surface area (Å²) in [5.41, 5.74) is 2.30. The van der Waals surface area contributed by atoms with E-state index in [2.05, 4.69) is 28.9 Å². The standard InChI is InChI=1S/C9H14N2/c1-3-8-9(4-2)11-7-5-6-10-8/h3-6,10-11H,7H2,1-2H3/b8-3+,9-4+. The molecule has 2 nitrogen and oxygen atoms in total. The minimum Gasteiger partial charge on any atom is -0.380 e. The summed E-state index contributed by atoms with van der Waals surface area (Å²) in [4.78, 5) is 0. The highest BCUT2D eigenvalue weighted by Gasteiger charge is 2.01. The molecule has 0 radical (unpaired) electrons. The number of rotatable bonds is 0. The minimum atomic E-state index is 0.893. The normalized spacial score (nSPS) is 24.5. The highest BCUT2D eigenvalue weighted by atomic mass is 15.0. The summed E-state index contributed by atoms with van der Waals surface area (Å²) >= 11 is 0.